The van der Waals surface area contributed by atoms with Crippen LogP contribution in [0, 0.1) is 11.8 Å². The minimum atomic E-state index is -0.695. The van der Waals surface area contributed by atoms with E-state index in [1.54, 1.807) is 25.7 Å². The van der Waals surface area contributed by atoms with Crippen LogP contribution >= 0.6 is 0 Å². The number of hydrogen-bond donors (Lipinski definition) is 1. The molecule has 0 spiro atoms. The Morgan fingerprint density at radius 2 is 1.67 bits per heavy atom. The molecular weight excluding hydrogens is 352 g/mol. The fraction of sp³-hybridized carbons (Fsp3) is 0.842. The van der Waals surface area contributed by atoms with E-state index in [9.17, 15) is 19.5 Å². The highest BCUT2D eigenvalue weighted by Crippen LogP contribution is 2.27. The Labute approximate surface area is 161 Å². The third kappa shape index (κ3) is 7.74. The summed E-state index contributed by atoms with van der Waals surface area (Å²) < 4.78 is 10.5. The van der Waals surface area contributed by atoms with E-state index in [2.05, 4.69) is 0 Å². The molecule has 0 aromatic carbocycles. The number of carbonyl (C=O) groups is 3. The Bertz CT molecular complexity index is 531. The van der Waals surface area contributed by atoms with Crippen molar-refractivity contribution >= 4 is 18.6 Å². The van der Waals surface area contributed by atoms with Crippen LogP contribution in [0.25, 0.3) is 0 Å². The van der Waals surface area contributed by atoms with Gasteiger partial charge >= 0.3 is 12.2 Å². The molecule has 1 saturated heterocycles. The molecule has 1 fully saturated rings. The molecule has 0 aliphatic carbocycles. The van der Waals surface area contributed by atoms with E-state index in [4.69, 9.17) is 9.47 Å². The van der Waals surface area contributed by atoms with Gasteiger partial charge in [0.05, 0.1) is 6.10 Å². The molecule has 3 amide bonds. The maximum Gasteiger partial charge on any atom is 0.416 e. The number of rotatable bonds is 6. The van der Waals surface area contributed by atoms with E-state index in [0.29, 0.717) is 25.9 Å². The van der Waals surface area contributed by atoms with Gasteiger partial charge in [-0.15, -0.1) is 0 Å². The molecule has 2 unspecified atom stereocenters. The molecular formula is C19H34N2O6. The van der Waals surface area contributed by atoms with Gasteiger partial charge in [0.25, 0.3) is 0 Å². The Morgan fingerprint density at radius 3 is 2.11 bits per heavy atom. The van der Waals surface area contributed by atoms with E-state index in [1.165, 1.54) is 0 Å². The summed E-state index contributed by atoms with van der Waals surface area (Å²) in [4.78, 5) is 37.6. The van der Waals surface area contributed by atoms with Gasteiger partial charge in [0.15, 0.2) is 0 Å². The summed E-state index contributed by atoms with van der Waals surface area (Å²) in [6.07, 6.45) is -0.812. The number of ether oxygens (including phenoxy) is 2. The van der Waals surface area contributed by atoms with Gasteiger partial charge in [-0.3, -0.25) is 9.69 Å². The Kier molecular flexibility index (Phi) is 7.66. The van der Waals surface area contributed by atoms with Crippen LogP contribution in [0.2, 0.25) is 0 Å². The van der Waals surface area contributed by atoms with Gasteiger partial charge in [-0.2, -0.15) is 0 Å². The van der Waals surface area contributed by atoms with Crippen LogP contribution in [-0.4, -0.2) is 70.4 Å². The van der Waals surface area contributed by atoms with Gasteiger partial charge in [-0.1, -0.05) is 6.92 Å². The van der Waals surface area contributed by atoms with E-state index in [-0.39, 0.29) is 24.5 Å². The van der Waals surface area contributed by atoms with Crippen LogP contribution in [0.3, 0.4) is 0 Å². The van der Waals surface area contributed by atoms with Gasteiger partial charge in [-0.25, -0.2) is 9.59 Å². The summed E-state index contributed by atoms with van der Waals surface area (Å²) in [5, 5.41) is 10.5. The monoisotopic (exact) mass is 386 g/mol. The summed E-state index contributed by atoms with van der Waals surface area (Å²) in [7, 11) is 0. The molecule has 1 heterocycles. The standard InChI is InChI=1S/C19H34N2O6/c1-13(8-9-20(12-22)16(24)26-18(2,3)4)15(23)14-10-21(11-14)17(25)27-19(5,6)7/h12-15,23H,8-11H2,1-7H3. The molecule has 0 saturated carbocycles. The summed E-state index contributed by atoms with van der Waals surface area (Å²) >= 11 is 0. The lowest BCUT2D eigenvalue weighted by Crippen LogP contribution is -2.56. The van der Waals surface area contributed by atoms with Crippen molar-refractivity contribution < 1.29 is 29.0 Å². The minimum absolute atomic E-state index is 0.0428. The second-order valence-corrected chi connectivity index (χ2v) is 9.18. The van der Waals surface area contributed by atoms with E-state index >= 15 is 0 Å². The van der Waals surface area contributed by atoms with Gasteiger partial charge in [0.2, 0.25) is 6.41 Å². The Balaban J connectivity index is 2.43. The number of amides is 3. The second-order valence-electron chi connectivity index (χ2n) is 9.18. The first-order valence-electron chi connectivity index (χ1n) is 9.34. The van der Waals surface area contributed by atoms with Crippen molar-refractivity contribution in [3.63, 3.8) is 0 Å². The maximum atomic E-state index is 12.0. The van der Waals surface area contributed by atoms with Crippen LogP contribution in [0.1, 0.15) is 54.9 Å². The van der Waals surface area contributed by atoms with Crippen molar-refractivity contribution in [2.45, 2.75) is 72.2 Å². The highest BCUT2D eigenvalue weighted by atomic mass is 16.6. The summed E-state index contributed by atoms with van der Waals surface area (Å²) in [5.41, 5.74) is -1.23. The number of aliphatic hydroxyl groups is 1. The van der Waals surface area contributed by atoms with Crippen molar-refractivity contribution in [2.24, 2.45) is 11.8 Å². The number of carbonyl (C=O) groups excluding carboxylic acids is 3. The first-order valence-corrected chi connectivity index (χ1v) is 9.34. The first kappa shape index (κ1) is 23.2. The largest absolute Gasteiger partial charge is 0.444 e. The summed E-state index contributed by atoms with van der Waals surface area (Å²) in [6.45, 7) is 13.5. The fourth-order valence-corrected chi connectivity index (χ4v) is 2.69. The average molecular weight is 386 g/mol. The SMILES string of the molecule is CC(CCN(C=O)C(=O)OC(C)(C)C)C(O)C1CN(C(=O)OC(C)(C)C)C1. The number of imide groups is 1. The topological polar surface area (TPSA) is 96.4 Å². The highest BCUT2D eigenvalue weighted by Gasteiger charge is 2.39. The average Bonchev–Trinajstić information content (AvgIpc) is 2.41. The van der Waals surface area contributed by atoms with Crippen LogP contribution in [-0.2, 0) is 14.3 Å². The smallest absolute Gasteiger partial charge is 0.416 e. The minimum Gasteiger partial charge on any atom is -0.444 e. The lowest BCUT2D eigenvalue weighted by atomic mass is 9.85. The van der Waals surface area contributed by atoms with Gasteiger partial charge in [-0.05, 0) is 53.9 Å². The zero-order valence-electron chi connectivity index (χ0n) is 17.5. The van der Waals surface area contributed by atoms with Crippen molar-refractivity contribution in [1.29, 1.82) is 0 Å². The molecule has 0 bridgehead atoms. The normalized spacial score (nSPS) is 17.6. The van der Waals surface area contributed by atoms with Crippen molar-refractivity contribution in [3.05, 3.63) is 0 Å². The fourth-order valence-electron chi connectivity index (χ4n) is 2.69. The lowest BCUT2D eigenvalue weighted by molar-refractivity contribution is -0.118. The zero-order valence-corrected chi connectivity index (χ0v) is 17.5. The quantitative estimate of drug-likeness (QED) is 0.705. The van der Waals surface area contributed by atoms with Crippen molar-refractivity contribution in [1.82, 2.24) is 9.80 Å². The van der Waals surface area contributed by atoms with E-state index < -0.39 is 23.4 Å². The molecule has 1 N–H and O–H groups in total. The Morgan fingerprint density at radius 1 is 1.15 bits per heavy atom. The van der Waals surface area contributed by atoms with Crippen molar-refractivity contribution in [3.8, 4) is 0 Å². The molecule has 0 radical (unpaired) electrons. The molecule has 2 atom stereocenters. The van der Waals surface area contributed by atoms with Gasteiger partial charge in [0, 0.05) is 25.6 Å². The van der Waals surface area contributed by atoms with Gasteiger partial charge in [0.1, 0.15) is 11.2 Å². The molecule has 8 nitrogen and oxygen atoms in total. The molecule has 0 aromatic rings. The predicted molar refractivity (Wildman–Crippen MR) is 100 cm³/mol. The molecule has 1 aliphatic heterocycles. The van der Waals surface area contributed by atoms with E-state index in [1.807, 2.05) is 27.7 Å². The Hall–Kier alpha value is -1.83. The maximum absolute atomic E-state index is 12.0. The summed E-state index contributed by atoms with van der Waals surface area (Å²) in [6, 6.07) is 0. The molecule has 1 aliphatic rings. The first-order chi connectivity index (χ1) is 12.2. The van der Waals surface area contributed by atoms with Crippen LogP contribution in [0.5, 0.6) is 0 Å². The number of likely N-dealkylation sites (tertiary alicyclic amines) is 1. The highest BCUT2D eigenvalue weighted by molar-refractivity contribution is 5.80. The molecule has 8 heteroatoms. The third-order valence-electron chi connectivity index (χ3n) is 4.21. The lowest BCUT2D eigenvalue weighted by Gasteiger charge is -2.43. The van der Waals surface area contributed by atoms with Crippen molar-refractivity contribution in [2.75, 3.05) is 19.6 Å². The van der Waals surface area contributed by atoms with Gasteiger partial charge < -0.3 is 19.5 Å². The zero-order chi connectivity index (χ0) is 21.0. The summed E-state index contributed by atoms with van der Waals surface area (Å²) in [5.74, 6) is -0.181. The molecule has 156 valence electrons. The van der Waals surface area contributed by atoms with Crippen LogP contribution in [0.15, 0.2) is 0 Å². The molecule has 1 rings (SSSR count). The van der Waals surface area contributed by atoms with E-state index in [0.717, 1.165) is 4.90 Å². The number of aliphatic hydroxyl groups excluding tert-OH is 1. The third-order valence-corrected chi connectivity index (χ3v) is 4.21. The van der Waals surface area contributed by atoms with Crippen LogP contribution in [0.4, 0.5) is 9.59 Å². The second kappa shape index (κ2) is 8.91. The predicted octanol–water partition coefficient (Wildman–Crippen LogP) is 2.63. The molecule has 27 heavy (non-hydrogen) atoms. The van der Waals surface area contributed by atoms with Crippen LogP contribution < -0.4 is 0 Å². The molecule has 0 aromatic heterocycles. The number of nitrogens with zero attached hydrogens (tertiary/aromatic N) is 2. The number of hydrogen-bond acceptors (Lipinski definition) is 6.